The summed E-state index contributed by atoms with van der Waals surface area (Å²) in [5, 5.41) is 14.5. The van der Waals surface area contributed by atoms with Gasteiger partial charge >= 0.3 is 6.03 Å². The van der Waals surface area contributed by atoms with Gasteiger partial charge in [0.2, 0.25) is 5.91 Å². The maximum Gasteiger partial charge on any atom is 0.342 e. The summed E-state index contributed by atoms with van der Waals surface area (Å²) < 4.78 is 1.37. The topological polar surface area (TPSA) is 91.3 Å². The van der Waals surface area contributed by atoms with Gasteiger partial charge in [0, 0.05) is 30.6 Å². The molecule has 2 heterocycles. The average molecular weight is 503 g/mol. The molecule has 1 saturated carbocycles. The Hall–Kier alpha value is -3.39. The normalized spacial score (nSPS) is 20.5. The van der Waals surface area contributed by atoms with E-state index in [1.54, 1.807) is 0 Å². The zero-order valence-corrected chi connectivity index (χ0v) is 22.0. The van der Waals surface area contributed by atoms with Gasteiger partial charge in [-0.1, -0.05) is 42.0 Å². The lowest BCUT2D eigenvalue weighted by Crippen LogP contribution is -2.63. The summed E-state index contributed by atoms with van der Waals surface area (Å²) in [4.78, 5) is 27.8. The van der Waals surface area contributed by atoms with E-state index in [-0.39, 0.29) is 30.6 Å². The van der Waals surface area contributed by atoms with Crippen LogP contribution in [0.5, 0.6) is 0 Å². The SMILES string of the molecule is Cc1ccc2c(c1)c(NCC(=O)NC1CN(C3CCC(c4ccccc4)CC3)C1)nn2C(=O)NC(C)C. The number of rotatable bonds is 7. The summed E-state index contributed by atoms with van der Waals surface area (Å²) in [6, 6.07) is 17.2. The fourth-order valence-electron chi connectivity index (χ4n) is 5.67. The van der Waals surface area contributed by atoms with Crippen molar-refractivity contribution < 1.29 is 9.59 Å². The third kappa shape index (κ3) is 5.80. The monoisotopic (exact) mass is 502 g/mol. The number of nitrogens with one attached hydrogen (secondary N) is 3. The summed E-state index contributed by atoms with van der Waals surface area (Å²) >= 11 is 0. The molecule has 3 aromatic rings. The van der Waals surface area contributed by atoms with Crippen LogP contribution in [0.4, 0.5) is 10.6 Å². The van der Waals surface area contributed by atoms with Gasteiger partial charge in [0.25, 0.3) is 0 Å². The van der Waals surface area contributed by atoms with E-state index in [9.17, 15) is 9.59 Å². The van der Waals surface area contributed by atoms with Gasteiger partial charge in [-0.15, -0.1) is 5.10 Å². The van der Waals surface area contributed by atoms with E-state index >= 15 is 0 Å². The van der Waals surface area contributed by atoms with Crippen molar-refractivity contribution in [3.05, 3.63) is 59.7 Å². The molecule has 8 nitrogen and oxygen atoms in total. The van der Waals surface area contributed by atoms with Crippen LogP contribution in [0.3, 0.4) is 0 Å². The molecule has 2 aliphatic rings. The van der Waals surface area contributed by atoms with Crippen molar-refractivity contribution in [1.29, 1.82) is 0 Å². The van der Waals surface area contributed by atoms with Crippen molar-refractivity contribution in [3.63, 3.8) is 0 Å². The first-order valence-electron chi connectivity index (χ1n) is 13.5. The maximum absolute atomic E-state index is 12.7. The van der Waals surface area contributed by atoms with Crippen molar-refractivity contribution in [2.24, 2.45) is 0 Å². The number of amides is 2. The van der Waals surface area contributed by atoms with Gasteiger partial charge < -0.3 is 16.0 Å². The minimum absolute atomic E-state index is 0.000304. The summed E-state index contributed by atoms with van der Waals surface area (Å²) in [5.74, 6) is 1.16. The molecule has 2 amide bonds. The lowest BCUT2D eigenvalue weighted by atomic mass is 9.80. The number of hydrogen-bond donors (Lipinski definition) is 3. The molecule has 8 heteroatoms. The van der Waals surface area contributed by atoms with E-state index in [0.29, 0.717) is 23.3 Å². The van der Waals surface area contributed by atoms with Crippen molar-refractivity contribution >= 4 is 28.7 Å². The second kappa shape index (κ2) is 10.9. The fourth-order valence-corrected chi connectivity index (χ4v) is 5.67. The first-order valence-corrected chi connectivity index (χ1v) is 13.5. The second-order valence-corrected chi connectivity index (χ2v) is 10.9. The highest BCUT2D eigenvalue weighted by atomic mass is 16.2. The number of hydrogen-bond acceptors (Lipinski definition) is 5. The molecule has 0 atom stereocenters. The molecular formula is C29H38N6O2. The van der Waals surface area contributed by atoms with E-state index in [1.165, 1.54) is 35.9 Å². The Kier molecular flexibility index (Phi) is 7.46. The van der Waals surface area contributed by atoms with Crippen molar-refractivity contribution in [2.75, 3.05) is 25.0 Å². The highest BCUT2D eigenvalue weighted by Crippen LogP contribution is 2.36. The largest absolute Gasteiger partial charge is 0.359 e. The zero-order chi connectivity index (χ0) is 25.9. The van der Waals surface area contributed by atoms with E-state index in [2.05, 4.69) is 56.3 Å². The van der Waals surface area contributed by atoms with Crippen LogP contribution in [0.2, 0.25) is 0 Å². The van der Waals surface area contributed by atoms with Crippen molar-refractivity contribution in [2.45, 2.75) is 70.5 Å². The minimum atomic E-state index is -0.284. The Morgan fingerprint density at radius 3 is 2.46 bits per heavy atom. The Labute approximate surface area is 218 Å². The zero-order valence-electron chi connectivity index (χ0n) is 22.0. The molecule has 3 N–H and O–H groups in total. The Morgan fingerprint density at radius 2 is 1.76 bits per heavy atom. The molecular weight excluding hydrogens is 464 g/mol. The molecule has 1 saturated heterocycles. The Morgan fingerprint density at radius 1 is 1.03 bits per heavy atom. The van der Waals surface area contributed by atoms with Crippen LogP contribution in [0.15, 0.2) is 48.5 Å². The summed E-state index contributed by atoms with van der Waals surface area (Å²) in [5.41, 5.74) is 3.25. The lowest BCUT2D eigenvalue weighted by molar-refractivity contribution is -0.121. The van der Waals surface area contributed by atoms with Crippen LogP contribution < -0.4 is 16.0 Å². The molecule has 1 aromatic heterocycles. The van der Waals surface area contributed by atoms with E-state index in [4.69, 9.17) is 0 Å². The van der Waals surface area contributed by atoms with Crippen molar-refractivity contribution in [1.82, 2.24) is 25.3 Å². The van der Waals surface area contributed by atoms with Crippen LogP contribution in [0, 0.1) is 6.92 Å². The van der Waals surface area contributed by atoms with Crippen LogP contribution in [0.25, 0.3) is 10.9 Å². The number of likely N-dealkylation sites (tertiary alicyclic amines) is 1. The van der Waals surface area contributed by atoms with Crippen LogP contribution in [-0.4, -0.2) is 64.4 Å². The number of benzene rings is 2. The molecule has 196 valence electrons. The smallest absolute Gasteiger partial charge is 0.342 e. The highest BCUT2D eigenvalue weighted by Gasteiger charge is 2.35. The minimum Gasteiger partial charge on any atom is -0.359 e. The fraction of sp³-hybridized carbons (Fsp3) is 0.483. The molecule has 37 heavy (non-hydrogen) atoms. The third-order valence-electron chi connectivity index (χ3n) is 7.62. The summed E-state index contributed by atoms with van der Waals surface area (Å²) in [7, 11) is 0. The molecule has 5 rings (SSSR count). The number of carbonyl (C=O) groups excluding carboxylic acids is 2. The first-order chi connectivity index (χ1) is 17.9. The third-order valence-corrected chi connectivity index (χ3v) is 7.62. The predicted octanol–water partition coefficient (Wildman–Crippen LogP) is 4.25. The molecule has 1 aliphatic heterocycles. The van der Waals surface area contributed by atoms with Gasteiger partial charge in [0.15, 0.2) is 5.82 Å². The van der Waals surface area contributed by atoms with Gasteiger partial charge in [0.1, 0.15) is 0 Å². The standard InChI is InChI=1S/C29H38N6O2/c1-19(2)31-29(37)35-26-14-9-20(3)15-25(26)28(33-35)30-16-27(36)32-23-17-34(18-23)24-12-10-22(11-13-24)21-7-5-4-6-8-21/h4-9,14-15,19,22-24H,10-13,16-18H2,1-3H3,(H,30,33)(H,31,37)(H,32,36). The van der Waals surface area contributed by atoms with Crippen molar-refractivity contribution in [3.8, 4) is 0 Å². The van der Waals surface area contributed by atoms with Gasteiger partial charge in [-0.25, -0.2) is 4.79 Å². The summed E-state index contributed by atoms with van der Waals surface area (Å²) in [6.07, 6.45) is 4.92. The number of anilines is 1. The lowest BCUT2D eigenvalue weighted by Gasteiger charge is -2.46. The molecule has 0 unspecified atom stereocenters. The number of fused-ring (bicyclic) bond motifs is 1. The quantitative estimate of drug-likeness (QED) is 0.449. The Balaban J connectivity index is 1.10. The van der Waals surface area contributed by atoms with E-state index < -0.39 is 0 Å². The molecule has 0 radical (unpaired) electrons. The predicted molar refractivity (Wildman–Crippen MR) is 147 cm³/mol. The molecule has 0 spiro atoms. The molecule has 1 aliphatic carbocycles. The van der Waals surface area contributed by atoms with Gasteiger partial charge in [-0.05, 0) is 70.1 Å². The van der Waals surface area contributed by atoms with Gasteiger partial charge in [-0.3, -0.25) is 9.69 Å². The van der Waals surface area contributed by atoms with Crippen LogP contribution in [-0.2, 0) is 4.79 Å². The number of aromatic nitrogens is 2. The summed E-state index contributed by atoms with van der Waals surface area (Å²) in [6.45, 7) is 7.77. The maximum atomic E-state index is 12.7. The second-order valence-electron chi connectivity index (χ2n) is 10.9. The molecule has 2 aromatic carbocycles. The number of carbonyl (C=O) groups is 2. The highest BCUT2D eigenvalue weighted by molar-refractivity contribution is 5.98. The van der Waals surface area contributed by atoms with E-state index in [0.717, 1.165) is 24.0 Å². The van der Waals surface area contributed by atoms with Gasteiger partial charge in [-0.2, -0.15) is 4.68 Å². The van der Waals surface area contributed by atoms with Gasteiger partial charge in [0.05, 0.1) is 18.1 Å². The Bertz CT molecular complexity index is 1240. The van der Waals surface area contributed by atoms with E-state index in [1.807, 2.05) is 39.0 Å². The van der Waals surface area contributed by atoms with Crippen LogP contribution >= 0.6 is 0 Å². The first kappa shape index (κ1) is 25.3. The average Bonchev–Trinajstić information content (AvgIpc) is 3.23. The number of nitrogens with zero attached hydrogens (tertiary/aromatic N) is 3. The van der Waals surface area contributed by atoms with Crippen LogP contribution in [0.1, 0.15) is 56.6 Å². The molecule has 2 fully saturated rings. The molecule has 0 bridgehead atoms. The number of aryl methyl sites for hydroxylation is 1.